The Hall–Kier alpha value is -1.54. The summed E-state index contributed by atoms with van der Waals surface area (Å²) < 4.78 is 0. The molecule has 17 heavy (non-hydrogen) atoms. The molecule has 0 radical (unpaired) electrons. The minimum absolute atomic E-state index is 0.718. The molecule has 0 heterocycles. The van der Waals surface area contributed by atoms with E-state index < -0.39 is 0 Å². The van der Waals surface area contributed by atoms with Gasteiger partial charge in [-0.3, -0.25) is 4.79 Å². The predicted octanol–water partition coefficient (Wildman–Crippen LogP) is 4.21. The fourth-order valence-electron chi connectivity index (χ4n) is 1.54. The topological polar surface area (TPSA) is 17.1 Å². The van der Waals surface area contributed by atoms with Crippen molar-refractivity contribution in [1.82, 2.24) is 0 Å². The van der Waals surface area contributed by atoms with E-state index in [0.29, 0.717) is 0 Å². The molecule has 0 aliphatic heterocycles. The van der Waals surface area contributed by atoms with Gasteiger partial charge in [-0.15, -0.1) is 0 Å². The Morgan fingerprint density at radius 3 is 1.94 bits per heavy atom. The molecule has 0 aromatic heterocycles. The number of hydrogen-bond donors (Lipinski definition) is 0. The molecule has 0 fully saturated rings. The summed E-state index contributed by atoms with van der Waals surface area (Å²) in [7, 11) is 0. The normalized spacial score (nSPS) is 10.2. The van der Waals surface area contributed by atoms with Gasteiger partial charge in [-0.05, 0) is 36.2 Å². The fourth-order valence-corrected chi connectivity index (χ4v) is 2.36. The van der Waals surface area contributed by atoms with Crippen molar-refractivity contribution in [3.8, 4) is 0 Å². The first-order valence-corrected chi connectivity index (χ1v) is 6.45. The van der Waals surface area contributed by atoms with Crippen LogP contribution in [0.3, 0.4) is 0 Å². The van der Waals surface area contributed by atoms with Crippen LogP contribution in [0.15, 0.2) is 58.3 Å². The van der Waals surface area contributed by atoms with Crippen molar-refractivity contribution in [3.63, 3.8) is 0 Å². The summed E-state index contributed by atoms with van der Waals surface area (Å²) in [6.45, 7) is 2.15. The van der Waals surface area contributed by atoms with E-state index in [-0.39, 0.29) is 0 Å². The lowest BCUT2D eigenvalue weighted by Crippen LogP contribution is -1.80. The summed E-state index contributed by atoms with van der Waals surface area (Å²) in [5, 5.41) is 0. The van der Waals surface area contributed by atoms with Crippen molar-refractivity contribution in [2.45, 2.75) is 23.1 Å². The second kappa shape index (κ2) is 5.69. The monoisotopic (exact) mass is 242 g/mol. The molecule has 2 heteroatoms. The second-order valence-electron chi connectivity index (χ2n) is 3.79. The quantitative estimate of drug-likeness (QED) is 0.747. The minimum atomic E-state index is 0.718. The smallest absolute Gasteiger partial charge is 0.150 e. The molecule has 2 aromatic carbocycles. The molecule has 0 aliphatic rings. The predicted molar refractivity (Wildman–Crippen MR) is 71.8 cm³/mol. The molecule has 0 atom stereocenters. The van der Waals surface area contributed by atoms with Crippen molar-refractivity contribution in [3.05, 3.63) is 59.7 Å². The van der Waals surface area contributed by atoms with Crippen LogP contribution >= 0.6 is 11.8 Å². The van der Waals surface area contributed by atoms with Gasteiger partial charge in [-0.1, -0.05) is 43.0 Å². The highest BCUT2D eigenvalue weighted by Gasteiger charge is 1.98. The number of benzene rings is 2. The van der Waals surface area contributed by atoms with E-state index in [1.165, 1.54) is 10.5 Å². The maximum atomic E-state index is 10.5. The number of carbonyl (C=O) groups excluding carboxylic acids is 1. The van der Waals surface area contributed by atoms with Gasteiger partial charge in [0.1, 0.15) is 6.29 Å². The Kier molecular flexibility index (Phi) is 3.99. The lowest BCUT2D eigenvalue weighted by atomic mass is 10.2. The van der Waals surface area contributed by atoms with Crippen molar-refractivity contribution in [2.75, 3.05) is 0 Å². The van der Waals surface area contributed by atoms with Gasteiger partial charge in [0.05, 0.1) is 0 Å². The lowest BCUT2D eigenvalue weighted by molar-refractivity contribution is 0.112. The number of aldehydes is 1. The van der Waals surface area contributed by atoms with Crippen LogP contribution in [0.1, 0.15) is 22.8 Å². The molecule has 86 valence electrons. The van der Waals surface area contributed by atoms with Crippen LogP contribution in [0.2, 0.25) is 0 Å². The first-order valence-electron chi connectivity index (χ1n) is 5.64. The van der Waals surface area contributed by atoms with Gasteiger partial charge in [-0.25, -0.2) is 0 Å². The van der Waals surface area contributed by atoms with Gasteiger partial charge in [0, 0.05) is 15.4 Å². The Balaban J connectivity index is 2.10. The molecule has 0 saturated heterocycles. The number of aryl methyl sites for hydroxylation is 1. The Bertz CT molecular complexity index is 485. The fraction of sp³-hybridized carbons (Fsp3) is 0.133. The largest absolute Gasteiger partial charge is 0.298 e. The Morgan fingerprint density at radius 1 is 0.941 bits per heavy atom. The van der Waals surface area contributed by atoms with Crippen molar-refractivity contribution in [2.24, 2.45) is 0 Å². The maximum absolute atomic E-state index is 10.5. The lowest BCUT2D eigenvalue weighted by Gasteiger charge is -2.03. The SMILES string of the molecule is CCc1ccc(Sc2ccc(C=O)cc2)cc1. The Labute approximate surface area is 106 Å². The molecule has 2 rings (SSSR count). The van der Waals surface area contributed by atoms with Crippen LogP contribution in [0, 0.1) is 0 Å². The summed E-state index contributed by atoms with van der Waals surface area (Å²) >= 11 is 1.71. The molecule has 0 aliphatic carbocycles. The first kappa shape index (κ1) is 11.9. The summed E-state index contributed by atoms with van der Waals surface area (Å²) in [5.74, 6) is 0. The zero-order valence-corrected chi connectivity index (χ0v) is 10.5. The molecule has 2 aromatic rings. The highest BCUT2D eigenvalue weighted by Crippen LogP contribution is 2.27. The summed E-state index contributed by atoms with van der Waals surface area (Å²) in [5.41, 5.74) is 2.07. The van der Waals surface area contributed by atoms with Crippen LogP contribution in [0.5, 0.6) is 0 Å². The van der Waals surface area contributed by atoms with Crippen molar-refractivity contribution in [1.29, 1.82) is 0 Å². The van der Waals surface area contributed by atoms with Gasteiger partial charge < -0.3 is 0 Å². The third kappa shape index (κ3) is 3.21. The van der Waals surface area contributed by atoms with E-state index in [0.717, 1.165) is 23.2 Å². The van der Waals surface area contributed by atoms with Crippen LogP contribution < -0.4 is 0 Å². The molecular formula is C15H14OS. The average molecular weight is 242 g/mol. The molecule has 0 N–H and O–H groups in total. The van der Waals surface area contributed by atoms with Gasteiger partial charge >= 0.3 is 0 Å². The van der Waals surface area contributed by atoms with Crippen LogP contribution in [0.4, 0.5) is 0 Å². The van der Waals surface area contributed by atoms with E-state index >= 15 is 0 Å². The van der Waals surface area contributed by atoms with E-state index in [9.17, 15) is 4.79 Å². The minimum Gasteiger partial charge on any atom is -0.298 e. The maximum Gasteiger partial charge on any atom is 0.150 e. The van der Waals surface area contributed by atoms with Gasteiger partial charge in [0.15, 0.2) is 0 Å². The average Bonchev–Trinajstić information content (AvgIpc) is 2.40. The summed E-state index contributed by atoms with van der Waals surface area (Å²) in [4.78, 5) is 12.9. The van der Waals surface area contributed by atoms with Crippen LogP contribution in [-0.2, 0) is 6.42 Å². The number of hydrogen-bond acceptors (Lipinski definition) is 2. The van der Waals surface area contributed by atoms with Crippen LogP contribution in [-0.4, -0.2) is 6.29 Å². The molecule has 0 unspecified atom stereocenters. The van der Waals surface area contributed by atoms with Gasteiger partial charge in [0.2, 0.25) is 0 Å². The second-order valence-corrected chi connectivity index (χ2v) is 4.93. The molecular weight excluding hydrogens is 228 g/mol. The summed E-state index contributed by atoms with van der Waals surface area (Å²) in [6.07, 6.45) is 1.93. The Morgan fingerprint density at radius 2 is 1.47 bits per heavy atom. The number of carbonyl (C=O) groups is 1. The molecule has 1 nitrogen and oxygen atoms in total. The van der Waals surface area contributed by atoms with E-state index in [4.69, 9.17) is 0 Å². The van der Waals surface area contributed by atoms with E-state index in [2.05, 4.69) is 31.2 Å². The number of rotatable bonds is 4. The molecule has 0 amide bonds. The zero-order chi connectivity index (χ0) is 12.1. The molecule has 0 saturated carbocycles. The van der Waals surface area contributed by atoms with Gasteiger partial charge in [-0.2, -0.15) is 0 Å². The third-order valence-corrected chi connectivity index (χ3v) is 3.60. The third-order valence-electron chi connectivity index (χ3n) is 2.58. The van der Waals surface area contributed by atoms with E-state index in [1.807, 2.05) is 24.3 Å². The zero-order valence-electron chi connectivity index (χ0n) is 9.72. The van der Waals surface area contributed by atoms with Crippen LogP contribution in [0.25, 0.3) is 0 Å². The highest BCUT2D eigenvalue weighted by molar-refractivity contribution is 7.99. The first-order chi connectivity index (χ1) is 8.31. The summed E-state index contributed by atoms with van der Waals surface area (Å²) in [6, 6.07) is 16.2. The molecule has 0 bridgehead atoms. The van der Waals surface area contributed by atoms with Crippen molar-refractivity contribution < 1.29 is 4.79 Å². The van der Waals surface area contributed by atoms with Crippen molar-refractivity contribution >= 4 is 18.0 Å². The highest BCUT2D eigenvalue weighted by atomic mass is 32.2. The standard InChI is InChI=1S/C15H14OS/c1-2-12-3-7-14(8-4-12)17-15-9-5-13(11-16)6-10-15/h3-11H,2H2,1H3. The van der Waals surface area contributed by atoms with E-state index in [1.54, 1.807) is 11.8 Å². The molecule has 0 spiro atoms. The van der Waals surface area contributed by atoms with Gasteiger partial charge in [0.25, 0.3) is 0 Å².